The minimum Gasteiger partial charge on any atom is -0.316 e. The lowest BCUT2D eigenvalue weighted by molar-refractivity contribution is -0.120. The Kier molecular flexibility index (Phi) is 4.84. The van der Waals surface area contributed by atoms with Gasteiger partial charge in [0.25, 0.3) is 15.9 Å². The van der Waals surface area contributed by atoms with E-state index in [1.807, 2.05) is 10.8 Å². The average Bonchev–Trinajstić information content (AvgIpc) is 2.91. The number of aryl methyl sites for hydroxylation is 1. The predicted octanol–water partition coefficient (Wildman–Crippen LogP) is 0.559. The van der Waals surface area contributed by atoms with Gasteiger partial charge in [-0.2, -0.15) is 10.4 Å². The molecule has 1 atom stereocenters. The summed E-state index contributed by atoms with van der Waals surface area (Å²) in [6.07, 6.45) is 2.90. The molecule has 0 fully saturated rings. The van der Waals surface area contributed by atoms with Crippen molar-refractivity contribution in [2.45, 2.75) is 10.9 Å². The van der Waals surface area contributed by atoms with Gasteiger partial charge in [-0.3, -0.25) is 9.48 Å². The van der Waals surface area contributed by atoms with E-state index >= 15 is 0 Å². The molecule has 0 bridgehead atoms. The second kappa shape index (κ2) is 6.49. The number of halogens is 1. The summed E-state index contributed by atoms with van der Waals surface area (Å²) >= 11 is 3.12. The zero-order valence-electron chi connectivity index (χ0n) is 11.9. The summed E-state index contributed by atoms with van der Waals surface area (Å²) in [7, 11) is -2.50. The minimum absolute atomic E-state index is 0.142. The van der Waals surface area contributed by atoms with Crippen LogP contribution >= 0.6 is 15.9 Å². The van der Waals surface area contributed by atoms with Crippen molar-refractivity contribution >= 4 is 31.9 Å². The third kappa shape index (κ3) is 3.95. The molecule has 0 spiro atoms. The maximum absolute atomic E-state index is 12.3. The normalized spacial score (nSPS) is 12.4. The minimum atomic E-state index is -4.15. The summed E-state index contributed by atoms with van der Waals surface area (Å²) in [6, 6.07) is 4.57. The van der Waals surface area contributed by atoms with Gasteiger partial charge >= 0.3 is 0 Å². The standard InChI is InChI=1S/C13H12BrN5O3S/c1-19-7-9(6-17-19)12(16)13(20)18-23(21,22)11-3-8(5-15)2-10(14)4-11/h2-4,6-7,12H,16H2,1H3,(H,18,20). The van der Waals surface area contributed by atoms with Crippen LogP contribution in [0.1, 0.15) is 17.2 Å². The van der Waals surface area contributed by atoms with Crippen LogP contribution in [0, 0.1) is 11.3 Å². The van der Waals surface area contributed by atoms with Gasteiger partial charge in [-0.1, -0.05) is 15.9 Å². The lowest BCUT2D eigenvalue weighted by Crippen LogP contribution is -2.38. The van der Waals surface area contributed by atoms with Gasteiger partial charge in [0, 0.05) is 23.3 Å². The molecule has 2 aromatic rings. The molecular formula is C13H12BrN5O3S. The van der Waals surface area contributed by atoms with Crippen molar-refractivity contribution in [1.82, 2.24) is 14.5 Å². The van der Waals surface area contributed by atoms with E-state index in [1.165, 1.54) is 29.2 Å². The lowest BCUT2D eigenvalue weighted by Gasteiger charge is -2.11. The summed E-state index contributed by atoms with van der Waals surface area (Å²) in [5.74, 6) is -0.892. The number of nitriles is 1. The van der Waals surface area contributed by atoms with E-state index < -0.39 is 22.0 Å². The van der Waals surface area contributed by atoms with Gasteiger partial charge < -0.3 is 5.73 Å². The largest absolute Gasteiger partial charge is 0.316 e. The third-order valence-electron chi connectivity index (χ3n) is 2.91. The molecule has 0 radical (unpaired) electrons. The first-order chi connectivity index (χ1) is 10.7. The van der Waals surface area contributed by atoms with Crippen LogP contribution in [0.25, 0.3) is 0 Å². The molecule has 120 valence electrons. The van der Waals surface area contributed by atoms with Crippen molar-refractivity contribution < 1.29 is 13.2 Å². The van der Waals surface area contributed by atoms with Crippen LogP contribution < -0.4 is 10.5 Å². The number of hydrogen-bond acceptors (Lipinski definition) is 6. The Morgan fingerprint density at radius 1 is 1.48 bits per heavy atom. The highest BCUT2D eigenvalue weighted by atomic mass is 79.9. The molecule has 8 nitrogen and oxygen atoms in total. The highest BCUT2D eigenvalue weighted by Crippen LogP contribution is 2.20. The summed E-state index contributed by atoms with van der Waals surface area (Å²) in [5.41, 5.74) is 6.26. The highest BCUT2D eigenvalue weighted by Gasteiger charge is 2.24. The molecule has 1 amide bonds. The summed E-state index contributed by atoms with van der Waals surface area (Å²) in [4.78, 5) is 11.8. The zero-order valence-corrected chi connectivity index (χ0v) is 14.3. The van der Waals surface area contributed by atoms with Gasteiger partial charge in [-0.25, -0.2) is 13.1 Å². The molecule has 0 aliphatic rings. The number of nitrogens with zero attached hydrogens (tertiary/aromatic N) is 3. The molecule has 2 rings (SSSR count). The van der Waals surface area contributed by atoms with Crippen LogP contribution in [0.4, 0.5) is 0 Å². The molecule has 0 saturated heterocycles. The monoisotopic (exact) mass is 397 g/mol. The third-order valence-corrected chi connectivity index (χ3v) is 4.70. The molecule has 10 heteroatoms. The van der Waals surface area contributed by atoms with E-state index in [1.54, 1.807) is 7.05 Å². The number of carbonyl (C=O) groups is 1. The summed E-state index contributed by atoms with van der Waals surface area (Å²) < 4.78 is 28.3. The number of benzene rings is 1. The van der Waals surface area contributed by atoms with Crippen LogP contribution in [-0.2, 0) is 21.9 Å². The van der Waals surface area contributed by atoms with Gasteiger partial charge in [0.15, 0.2) is 0 Å². The molecule has 23 heavy (non-hydrogen) atoms. The number of sulfonamides is 1. The van der Waals surface area contributed by atoms with Gasteiger partial charge in [0.1, 0.15) is 6.04 Å². The average molecular weight is 398 g/mol. The number of rotatable bonds is 4. The fourth-order valence-electron chi connectivity index (χ4n) is 1.79. The Labute approximate surface area is 141 Å². The van der Waals surface area contributed by atoms with E-state index in [0.29, 0.717) is 10.0 Å². The van der Waals surface area contributed by atoms with E-state index in [2.05, 4.69) is 21.0 Å². The van der Waals surface area contributed by atoms with Crippen LogP contribution in [0.2, 0.25) is 0 Å². The van der Waals surface area contributed by atoms with Crippen LogP contribution in [-0.4, -0.2) is 24.1 Å². The van der Waals surface area contributed by atoms with Crippen molar-refractivity contribution in [2.75, 3.05) is 0 Å². The number of aromatic nitrogens is 2. The van der Waals surface area contributed by atoms with Crippen molar-refractivity contribution in [3.05, 3.63) is 46.2 Å². The SMILES string of the molecule is Cn1cc(C(N)C(=O)NS(=O)(=O)c2cc(Br)cc(C#N)c2)cn1. The van der Waals surface area contributed by atoms with Gasteiger partial charge in [0.2, 0.25) is 0 Å². The van der Waals surface area contributed by atoms with Crippen molar-refractivity contribution in [2.24, 2.45) is 12.8 Å². The maximum atomic E-state index is 12.3. The fraction of sp³-hybridized carbons (Fsp3) is 0.154. The highest BCUT2D eigenvalue weighted by molar-refractivity contribution is 9.10. The van der Waals surface area contributed by atoms with Crippen molar-refractivity contribution in [3.63, 3.8) is 0 Å². The second-order valence-electron chi connectivity index (χ2n) is 4.68. The number of carbonyl (C=O) groups excluding carboxylic acids is 1. The smallest absolute Gasteiger partial charge is 0.264 e. The Morgan fingerprint density at radius 3 is 2.74 bits per heavy atom. The summed E-state index contributed by atoms with van der Waals surface area (Å²) in [6.45, 7) is 0. The Balaban J connectivity index is 2.26. The number of nitrogens with two attached hydrogens (primary N) is 1. The van der Waals surface area contributed by atoms with Crippen LogP contribution in [0.15, 0.2) is 40.0 Å². The molecule has 1 unspecified atom stereocenters. The molecular weight excluding hydrogens is 386 g/mol. The Morgan fingerprint density at radius 2 is 2.17 bits per heavy atom. The molecule has 1 aromatic heterocycles. The maximum Gasteiger partial charge on any atom is 0.264 e. The number of nitrogens with one attached hydrogen (secondary N) is 1. The lowest BCUT2D eigenvalue weighted by atomic mass is 10.2. The first kappa shape index (κ1) is 17.1. The topological polar surface area (TPSA) is 131 Å². The number of hydrogen-bond donors (Lipinski definition) is 2. The van der Waals surface area contributed by atoms with Crippen molar-refractivity contribution in [1.29, 1.82) is 5.26 Å². The quantitative estimate of drug-likeness (QED) is 0.774. The molecule has 0 aliphatic heterocycles. The molecule has 3 N–H and O–H groups in total. The molecule has 0 aliphatic carbocycles. The van der Waals surface area contributed by atoms with Gasteiger partial charge in [-0.15, -0.1) is 0 Å². The first-order valence-corrected chi connectivity index (χ1v) is 8.52. The van der Waals surface area contributed by atoms with Gasteiger partial charge in [-0.05, 0) is 18.2 Å². The van der Waals surface area contributed by atoms with Crippen LogP contribution in [0.3, 0.4) is 0 Å². The van der Waals surface area contributed by atoms with E-state index in [9.17, 15) is 13.2 Å². The van der Waals surface area contributed by atoms with Gasteiger partial charge in [0.05, 0.1) is 22.7 Å². The Bertz CT molecular complexity index is 901. The molecule has 1 aromatic carbocycles. The fourth-order valence-corrected chi connectivity index (χ4v) is 3.51. The molecule has 0 saturated carbocycles. The van der Waals surface area contributed by atoms with E-state index in [4.69, 9.17) is 11.0 Å². The summed E-state index contributed by atoms with van der Waals surface area (Å²) in [5, 5.41) is 12.8. The number of amides is 1. The van der Waals surface area contributed by atoms with E-state index in [-0.39, 0.29) is 10.5 Å². The predicted molar refractivity (Wildman–Crippen MR) is 84.3 cm³/mol. The first-order valence-electron chi connectivity index (χ1n) is 6.24. The second-order valence-corrected chi connectivity index (χ2v) is 7.28. The van der Waals surface area contributed by atoms with E-state index in [0.717, 1.165) is 6.07 Å². The van der Waals surface area contributed by atoms with Crippen molar-refractivity contribution in [3.8, 4) is 6.07 Å². The zero-order chi connectivity index (χ0) is 17.2. The Hall–Kier alpha value is -2.22. The van der Waals surface area contributed by atoms with Crippen LogP contribution in [0.5, 0.6) is 0 Å². The molecule has 1 heterocycles.